The van der Waals surface area contributed by atoms with Crippen molar-refractivity contribution in [3.63, 3.8) is 0 Å². The molecule has 5 heteroatoms. The third-order valence-corrected chi connectivity index (χ3v) is 3.65. The van der Waals surface area contributed by atoms with Crippen LogP contribution in [0.1, 0.15) is 30.9 Å². The minimum absolute atomic E-state index is 0. The molecule has 0 saturated heterocycles. The first kappa shape index (κ1) is 17.8. The third kappa shape index (κ3) is 5.56. The van der Waals surface area contributed by atoms with Crippen molar-refractivity contribution in [1.82, 2.24) is 5.32 Å². The first-order valence-electron chi connectivity index (χ1n) is 7.30. The number of carbonyl (C=O) groups is 1. The molecule has 1 aliphatic carbocycles. The second-order valence-corrected chi connectivity index (χ2v) is 5.72. The number of rotatable bonds is 7. The Hall–Kier alpha value is -1.26. The molecule has 0 radical (unpaired) electrons. The van der Waals surface area contributed by atoms with Crippen LogP contribution in [-0.2, 0) is 11.3 Å². The topological polar surface area (TPSA) is 64.4 Å². The number of amides is 1. The Morgan fingerprint density at radius 3 is 2.81 bits per heavy atom. The summed E-state index contributed by atoms with van der Waals surface area (Å²) in [6.07, 6.45) is 2.54. The van der Waals surface area contributed by atoms with E-state index in [1.807, 2.05) is 32.0 Å². The normalized spacial score (nSPS) is 15.0. The first-order chi connectivity index (χ1) is 9.60. The van der Waals surface area contributed by atoms with Crippen molar-refractivity contribution in [2.45, 2.75) is 33.2 Å². The number of ether oxygens (including phenoxy) is 1. The molecule has 0 bridgehead atoms. The van der Waals surface area contributed by atoms with Crippen LogP contribution in [0.15, 0.2) is 18.2 Å². The molecule has 1 aromatic rings. The molecule has 1 atom stereocenters. The van der Waals surface area contributed by atoms with Crippen molar-refractivity contribution in [2.24, 2.45) is 17.6 Å². The molecule has 1 unspecified atom stereocenters. The van der Waals surface area contributed by atoms with Gasteiger partial charge in [-0.2, -0.15) is 0 Å². The Morgan fingerprint density at radius 1 is 1.48 bits per heavy atom. The number of hydrogen-bond acceptors (Lipinski definition) is 3. The van der Waals surface area contributed by atoms with Gasteiger partial charge >= 0.3 is 0 Å². The number of aryl methyl sites for hydroxylation is 1. The van der Waals surface area contributed by atoms with Crippen LogP contribution in [0, 0.1) is 18.8 Å². The van der Waals surface area contributed by atoms with E-state index < -0.39 is 0 Å². The predicted octanol–water partition coefficient (Wildman–Crippen LogP) is 2.42. The predicted molar refractivity (Wildman–Crippen MR) is 86.7 cm³/mol. The van der Waals surface area contributed by atoms with E-state index in [9.17, 15) is 4.79 Å². The summed E-state index contributed by atoms with van der Waals surface area (Å²) in [5.74, 6) is 1.44. The molecule has 1 saturated carbocycles. The summed E-state index contributed by atoms with van der Waals surface area (Å²) in [5.41, 5.74) is 7.68. The van der Waals surface area contributed by atoms with Crippen LogP contribution < -0.4 is 15.8 Å². The minimum atomic E-state index is -0.156. The van der Waals surface area contributed by atoms with Gasteiger partial charge in [-0.1, -0.05) is 19.1 Å². The summed E-state index contributed by atoms with van der Waals surface area (Å²) >= 11 is 0. The van der Waals surface area contributed by atoms with Crippen LogP contribution in [0.25, 0.3) is 0 Å². The van der Waals surface area contributed by atoms with E-state index >= 15 is 0 Å². The molecule has 0 aromatic heterocycles. The van der Waals surface area contributed by atoms with Gasteiger partial charge in [0.1, 0.15) is 5.75 Å². The van der Waals surface area contributed by atoms with E-state index in [-0.39, 0.29) is 24.2 Å². The Balaban J connectivity index is 0.00000220. The van der Waals surface area contributed by atoms with Gasteiger partial charge in [0, 0.05) is 24.6 Å². The van der Waals surface area contributed by atoms with Crippen molar-refractivity contribution in [3.05, 3.63) is 29.3 Å². The van der Waals surface area contributed by atoms with Crippen LogP contribution in [-0.4, -0.2) is 19.1 Å². The second-order valence-electron chi connectivity index (χ2n) is 5.72. The number of halogens is 1. The lowest BCUT2D eigenvalue weighted by Gasteiger charge is -2.14. The zero-order valence-corrected chi connectivity index (χ0v) is 13.5. The zero-order valence-electron chi connectivity index (χ0n) is 12.7. The molecule has 2 rings (SSSR count). The van der Waals surface area contributed by atoms with Gasteiger partial charge in [-0.15, -0.1) is 12.4 Å². The molecule has 0 spiro atoms. The average molecular weight is 313 g/mol. The Kier molecular flexibility index (Phi) is 6.99. The number of hydrogen-bond donors (Lipinski definition) is 2. The molecule has 1 aromatic carbocycles. The maximum atomic E-state index is 11.8. The highest BCUT2D eigenvalue weighted by molar-refractivity contribution is 5.85. The lowest BCUT2D eigenvalue weighted by molar-refractivity contribution is -0.124. The summed E-state index contributed by atoms with van der Waals surface area (Å²) in [5, 5.41) is 2.91. The Morgan fingerprint density at radius 2 is 2.19 bits per heavy atom. The maximum absolute atomic E-state index is 11.8. The van der Waals surface area contributed by atoms with Crippen molar-refractivity contribution in [1.29, 1.82) is 0 Å². The van der Waals surface area contributed by atoms with Gasteiger partial charge in [0.15, 0.2) is 0 Å². The quantitative estimate of drug-likeness (QED) is 0.812. The smallest absolute Gasteiger partial charge is 0.224 e. The van der Waals surface area contributed by atoms with Crippen LogP contribution in [0.3, 0.4) is 0 Å². The summed E-state index contributed by atoms with van der Waals surface area (Å²) in [6, 6.07) is 6.10. The van der Waals surface area contributed by atoms with E-state index in [1.54, 1.807) is 0 Å². The zero-order chi connectivity index (χ0) is 14.5. The molecular weight excluding hydrogens is 288 g/mol. The van der Waals surface area contributed by atoms with Crippen molar-refractivity contribution in [3.8, 4) is 5.75 Å². The molecule has 1 aliphatic rings. The Bertz CT molecular complexity index is 475. The summed E-state index contributed by atoms with van der Waals surface area (Å²) < 4.78 is 5.89. The maximum Gasteiger partial charge on any atom is 0.224 e. The molecule has 1 fully saturated rings. The lowest BCUT2D eigenvalue weighted by Crippen LogP contribution is -2.32. The molecule has 1 amide bonds. The largest absolute Gasteiger partial charge is 0.493 e. The van der Waals surface area contributed by atoms with E-state index in [1.165, 1.54) is 18.4 Å². The fourth-order valence-corrected chi connectivity index (χ4v) is 1.90. The van der Waals surface area contributed by atoms with Crippen LogP contribution in [0.2, 0.25) is 0 Å². The van der Waals surface area contributed by atoms with E-state index in [0.717, 1.165) is 23.8 Å². The summed E-state index contributed by atoms with van der Waals surface area (Å²) in [7, 11) is 0. The highest BCUT2D eigenvalue weighted by Crippen LogP contribution is 2.30. The highest BCUT2D eigenvalue weighted by atomic mass is 35.5. The highest BCUT2D eigenvalue weighted by Gasteiger charge is 2.22. The van der Waals surface area contributed by atoms with E-state index in [2.05, 4.69) is 5.32 Å². The van der Waals surface area contributed by atoms with Gasteiger partial charge in [0.25, 0.3) is 0 Å². The monoisotopic (exact) mass is 312 g/mol. The van der Waals surface area contributed by atoms with Crippen molar-refractivity contribution >= 4 is 18.3 Å². The number of nitrogens with one attached hydrogen (secondary N) is 1. The van der Waals surface area contributed by atoms with E-state index in [4.69, 9.17) is 10.5 Å². The molecular formula is C16H25ClN2O2. The number of carbonyl (C=O) groups excluding carboxylic acids is 1. The van der Waals surface area contributed by atoms with Crippen LogP contribution >= 0.6 is 12.4 Å². The second kappa shape index (κ2) is 8.25. The fourth-order valence-electron chi connectivity index (χ4n) is 1.90. The van der Waals surface area contributed by atoms with Gasteiger partial charge in [-0.05, 0) is 37.3 Å². The average Bonchev–Trinajstić information content (AvgIpc) is 3.27. The van der Waals surface area contributed by atoms with E-state index in [0.29, 0.717) is 13.1 Å². The molecule has 4 nitrogen and oxygen atoms in total. The van der Waals surface area contributed by atoms with Crippen LogP contribution in [0.4, 0.5) is 0 Å². The van der Waals surface area contributed by atoms with Gasteiger partial charge in [0.2, 0.25) is 5.91 Å². The summed E-state index contributed by atoms with van der Waals surface area (Å²) in [6.45, 7) is 5.51. The Labute approximate surface area is 132 Å². The van der Waals surface area contributed by atoms with Gasteiger partial charge in [-0.3, -0.25) is 4.79 Å². The number of nitrogens with two attached hydrogens (primary N) is 1. The van der Waals surface area contributed by atoms with Gasteiger partial charge < -0.3 is 15.8 Å². The number of benzene rings is 1. The minimum Gasteiger partial charge on any atom is -0.493 e. The van der Waals surface area contributed by atoms with Gasteiger partial charge in [-0.25, -0.2) is 0 Å². The molecule has 21 heavy (non-hydrogen) atoms. The molecule has 0 heterocycles. The molecule has 3 N–H and O–H groups in total. The van der Waals surface area contributed by atoms with Crippen LogP contribution in [0.5, 0.6) is 5.75 Å². The molecule has 118 valence electrons. The van der Waals surface area contributed by atoms with Crippen molar-refractivity contribution in [2.75, 3.05) is 13.2 Å². The fraction of sp³-hybridized carbons (Fsp3) is 0.562. The standard InChI is InChI=1S/C16H24N2O2.ClH/c1-11-3-6-14(9-18-16(19)12(2)8-17)15(7-11)20-10-13-4-5-13;/h3,6-7,12-13H,4-5,8-10,17H2,1-2H3,(H,18,19);1H. The lowest BCUT2D eigenvalue weighted by atomic mass is 10.1. The first-order valence-corrected chi connectivity index (χ1v) is 7.30. The third-order valence-electron chi connectivity index (χ3n) is 3.65. The van der Waals surface area contributed by atoms with Gasteiger partial charge in [0.05, 0.1) is 6.61 Å². The summed E-state index contributed by atoms with van der Waals surface area (Å²) in [4.78, 5) is 11.8. The SMILES string of the molecule is Cc1ccc(CNC(=O)C(C)CN)c(OCC2CC2)c1.Cl. The van der Waals surface area contributed by atoms with Crippen molar-refractivity contribution < 1.29 is 9.53 Å². The molecule has 0 aliphatic heterocycles.